The van der Waals surface area contributed by atoms with Gasteiger partial charge in [-0.15, -0.1) is 0 Å². The summed E-state index contributed by atoms with van der Waals surface area (Å²) in [5.74, 6) is -0.780. The standard InChI is InChI=1S/C8H9BrN2O2/c1-6(2)3-8(4-10,5-11)7(12)13-9/h6H,3H2,1-2H3. The van der Waals surface area contributed by atoms with Crippen LogP contribution in [0.1, 0.15) is 20.3 Å². The van der Waals surface area contributed by atoms with Crippen molar-refractivity contribution in [3.05, 3.63) is 0 Å². The monoisotopic (exact) mass is 244 g/mol. The van der Waals surface area contributed by atoms with Crippen LogP contribution in [0, 0.1) is 34.0 Å². The van der Waals surface area contributed by atoms with E-state index in [9.17, 15) is 4.79 Å². The van der Waals surface area contributed by atoms with Crippen LogP contribution >= 0.6 is 16.3 Å². The van der Waals surface area contributed by atoms with E-state index in [0.717, 1.165) is 0 Å². The second-order valence-electron chi connectivity index (χ2n) is 3.09. The number of nitriles is 2. The molecule has 0 aromatic rings. The average Bonchev–Trinajstić information content (AvgIpc) is 2.12. The van der Waals surface area contributed by atoms with Crippen LogP contribution in [-0.2, 0) is 8.62 Å². The first-order valence-corrected chi connectivity index (χ1v) is 4.32. The molecule has 0 spiro atoms. The van der Waals surface area contributed by atoms with Gasteiger partial charge in [-0.3, -0.25) is 0 Å². The van der Waals surface area contributed by atoms with Gasteiger partial charge in [0.1, 0.15) is 0 Å². The SMILES string of the molecule is CC(C)CC(C#N)(C#N)C(=O)OBr. The van der Waals surface area contributed by atoms with Crippen LogP contribution in [0.2, 0.25) is 0 Å². The Morgan fingerprint density at radius 2 is 2.00 bits per heavy atom. The van der Waals surface area contributed by atoms with Gasteiger partial charge in [-0.25, -0.2) is 4.79 Å². The fraction of sp³-hybridized carbons (Fsp3) is 0.625. The zero-order valence-corrected chi connectivity index (χ0v) is 8.96. The molecule has 0 N–H and O–H groups in total. The van der Waals surface area contributed by atoms with E-state index in [1.54, 1.807) is 12.1 Å². The molecule has 0 aliphatic heterocycles. The molecule has 0 fully saturated rings. The van der Waals surface area contributed by atoms with Crippen molar-refractivity contribution in [1.29, 1.82) is 10.5 Å². The van der Waals surface area contributed by atoms with E-state index in [-0.39, 0.29) is 12.3 Å². The molecule has 0 aliphatic rings. The van der Waals surface area contributed by atoms with Gasteiger partial charge in [-0.2, -0.15) is 10.5 Å². The van der Waals surface area contributed by atoms with Crippen LogP contribution in [0.15, 0.2) is 0 Å². The molecule has 13 heavy (non-hydrogen) atoms. The summed E-state index contributed by atoms with van der Waals surface area (Å²) in [5, 5.41) is 17.5. The molecule has 0 unspecified atom stereocenters. The zero-order chi connectivity index (χ0) is 10.5. The fourth-order valence-corrected chi connectivity index (χ4v) is 1.25. The van der Waals surface area contributed by atoms with Gasteiger partial charge in [0.15, 0.2) is 16.3 Å². The molecular weight excluding hydrogens is 236 g/mol. The summed E-state index contributed by atoms with van der Waals surface area (Å²) in [6.45, 7) is 3.65. The first-order chi connectivity index (χ1) is 6.02. The quantitative estimate of drug-likeness (QED) is 0.761. The minimum absolute atomic E-state index is 0.0749. The maximum Gasteiger partial charge on any atom is 0.352 e. The Kier molecular flexibility index (Phi) is 4.44. The van der Waals surface area contributed by atoms with Crippen molar-refractivity contribution in [2.75, 3.05) is 0 Å². The summed E-state index contributed by atoms with van der Waals surface area (Å²) in [5.41, 5.74) is -1.68. The molecule has 0 aliphatic carbocycles. The van der Waals surface area contributed by atoms with E-state index in [4.69, 9.17) is 10.5 Å². The van der Waals surface area contributed by atoms with E-state index >= 15 is 0 Å². The Morgan fingerprint density at radius 1 is 1.54 bits per heavy atom. The lowest BCUT2D eigenvalue weighted by molar-refractivity contribution is -0.138. The summed E-state index contributed by atoms with van der Waals surface area (Å²) < 4.78 is 4.23. The molecule has 0 amide bonds. The van der Waals surface area contributed by atoms with Crippen molar-refractivity contribution in [3.63, 3.8) is 0 Å². The molecule has 0 saturated heterocycles. The van der Waals surface area contributed by atoms with Gasteiger partial charge in [-0.05, 0) is 12.3 Å². The summed E-state index contributed by atoms with van der Waals surface area (Å²) in [6.07, 6.45) is 0.171. The highest BCUT2D eigenvalue weighted by Crippen LogP contribution is 2.27. The lowest BCUT2D eigenvalue weighted by Crippen LogP contribution is -2.29. The predicted molar refractivity (Wildman–Crippen MR) is 48.1 cm³/mol. The van der Waals surface area contributed by atoms with Crippen LogP contribution in [0.3, 0.4) is 0 Å². The Hall–Kier alpha value is -1.07. The Bertz CT molecular complexity index is 261. The zero-order valence-electron chi connectivity index (χ0n) is 7.37. The molecule has 0 rings (SSSR count). The van der Waals surface area contributed by atoms with Crippen molar-refractivity contribution < 1.29 is 8.62 Å². The summed E-state index contributed by atoms with van der Waals surface area (Å²) >= 11 is 2.47. The number of carbonyl (C=O) groups excluding carboxylic acids is 1. The normalized spacial score (nSPS) is 10.3. The predicted octanol–water partition coefficient (Wildman–Crippen LogP) is 1.92. The molecule has 0 aromatic carbocycles. The van der Waals surface area contributed by atoms with E-state index in [2.05, 4.69) is 20.1 Å². The highest BCUT2D eigenvalue weighted by molar-refractivity contribution is 9.06. The lowest BCUT2D eigenvalue weighted by atomic mass is 9.83. The summed E-state index contributed by atoms with van der Waals surface area (Å²) in [4.78, 5) is 11.1. The molecule has 70 valence electrons. The molecule has 0 radical (unpaired) electrons. The number of rotatable bonds is 3. The summed E-state index contributed by atoms with van der Waals surface area (Å²) in [6, 6.07) is 3.36. The maximum absolute atomic E-state index is 11.1. The fourth-order valence-electron chi connectivity index (χ4n) is 0.969. The van der Waals surface area contributed by atoms with Crippen molar-refractivity contribution in [3.8, 4) is 12.1 Å². The highest BCUT2D eigenvalue weighted by atomic mass is 79.9. The number of carbonyl (C=O) groups is 1. The molecule has 0 aromatic heterocycles. The van der Waals surface area contributed by atoms with Gasteiger partial charge in [0, 0.05) is 0 Å². The van der Waals surface area contributed by atoms with Crippen molar-refractivity contribution in [2.24, 2.45) is 11.3 Å². The first-order valence-electron chi connectivity index (χ1n) is 3.68. The third kappa shape index (κ3) is 2.71. The van der Waals surface area contributed by atoms with E-state index in [1.165, 1.54) is 0 Å². The number of halogens is 1. The number of nitrogens with zero attached hydrogens (tertiary/aromatic N) is 2. The van der Waals surface area contributed by atoms with Crippen LogP contribution in [0.25, 0.3) is 0 Å². The molecule has 0 saturated carbocycles. The van der Waals surface area contributed by atoms with Crippen molar-refractivity contribution in [1.82, 2.24) is 0 Å². The van der Waals surface area contributed by atoms with Gasteiger partial charge in [0.05, 0.1) is 12.1 Å². The van der Waals surface area contributed by atoms with E-state index in [1.807, 2.05) is 13.8 Å². The summed E-state index contributed by atoms with van der Waals surface area (Å²) in [7, 11) is 0. The highest BCUT2D eigenvalue weighted by Gasteiger charge is 2.41. The van der Waals surface area contributed by atoms with Gasteiger partial charge in [0.25, 0.3) is 0 Å². The van der Waals surface area contributed by atoms with E-state index < -0.39 is 11.4 Å². The van der Waals surface area contributed by atoms with Gasteiger partial charge >= 0.3 is 5.97 Å². The molecule has 0 bridgehead atoms. The van der Waals surface area contributed by atoms with Crippen LogP contribution in [0.4, 0.5) is 0 Å². The molecule has 0 atom stereocenters. The molecule has 0 heterocycles. The number of hydrogen-bond acceptors (Lipinski definition) is 4. The first kappa shape index (κ1) is 11.9. The van der Waals surface area contributed by atoms with Gasteiger partial charge < -0.3 is 3.83 Å². The van der Waals surface area contributed by atoms with Crippen LogP contribution in [0.5, 0.6) is 0 Å². The second kappa shape index (κ2) is 4.84. The molecule has 4 nitrogen and oxygen atoms in total. The third-order valence-electron chi connectivity index (χ3n) is 1.51. The van der Waals surface area contributed by atoms with Crippen molar-refractivity contribution >= 4 is 22.2 Å². The smallest absolute Gasteiger partial charge is 0.352 e. The van der Waals surface area contributed by atoms with E-state index in [0.29, 0.717) is 0 Å². The second-order valence-corrected chi connectivity index (χ2v) is 3.42. The largest absolute Gasteiger partial charge is 0.382 e. The minimum atomic E-state index is -1.68. The molecule has 5 heteroatoms. The Morgan fingerprint density at radius 3 is 2.23 bits per heavy atom. The Labute approximate surface area is 85.5 Å². The minimum Gasteiger partial charge on any atom is -0.382 e. The van der Waals surface area contributed by atoms with Crippen molar-refractivity contribution in [2.45, 2.75) is 20.3 Å². The average molecular weight is 245 g/mol. The Balaban J connectivity index is 4.87. The maximum atomic E-state index is 11.1. The van der Waals surface area contributed by atoms with Gasteiger partial charge in [0.2, 0.25) is 5.41 Å². The third-order valence-corrected chi connectivity index (χ3v) is 1.81. The van der Waals surface area contributed by atoms with Crippen LogP contribution in [-0.4, -0.2) is 5.97 Å². The molecular formula is C8H9BrN2O2. The number of hydrogen-bond donors (Lipinski definition) is 0. The van der Waals surface area contributed by atoms with Crippen LogP contribution < -0.4 is 0 Å². The topological polar surface area (TPSA) is 73.9 Å². The lowest BCUT2D eigenvalue weighted by Gasteiger charge is -2.16. The van der Waals surface area contributed by atoms with Gasteiger partial charge in [-0.1, -0.05) is 13.8 Å².